The lowest BCUT2D eigenvalue weighted by atomic mass is 9.90. The Balaban J connectivity index is 2.36. The van der Waals surface area contributed by atoms with Gasteiger partial charge in [0.05, 0.1) is 6.04 Å². The monoisotopic (exact) mass is 418 g/mol. The Labute approximate surface area is 179 Å². The van der Waals surface area contributed by atoms with Crippen LogP contribution in [0.3, 0.4) is 0 Å². The van der Waals surface area contributed by atoms with Crippen molar-refractivity contribution in [2.45, 2.75) is 84.4 Å². The summed E-state index contributed by atoms with van der Waals surface area (Å²) in [4.78, 5) is 40.0. The molecule has 1 N–H and O–H groups in total. The zero-order chi connectivity index (χ0) is 22.5. The highest BCUT2D eigenvalue weighted by atomic mass is 16.6. The van der Waals surface area contributed by atoms with Gasteiger partial charge in [-0.3, -0.25) is 9.59 Å². The van der Waals surface area contributed by atoms with Crippen LogP contribution in [0.25, 0.3) is 0 Å². The van der Waals surface area contributed by atoms with Crippen molar-refractivity contribution < 1.29 is 24.2 Å². The van der Waals surface area contributed by atoms with Crippen LogP contribution in [0.15, 0.2) is 24.3 Å². The van der Waals surface area contributed by atoms with Crippen molar-refractivity contribution in [3.05, 3.63) is 29.8 Å². The van der Waals surface area contributed by atoms with Crippen LogP contribution >= 0.6 is 0 Å². The fraction of sp³-hybridized carbons (Fsp3) is 0.609. The molecule has 0 spiro atoms. The molecule has 0 aromatic heterocycles. The van der Waals surface area contributed by atoms with Crippen molar-refractivity contribution in [3.63, 3.8) is 0 Å². The summed E-state index contributed by atoms with van der Waals surface area (Å²) in [7, 11) is 0. The van der Waals surface area contributed by atoms with E-state index in [4.69, 9.17) is 9.84 Å². The fourth-order valence-corrected chi connectivity index (χ4v) is 3.88. The second-order valence-corrected chi connectivity index (χ2v) is 8.80. The first-order valence-corrected chi connectivity index (χ1v) is 10.7. The number of hydrogen-bond acceptors (Lipinski definition) is 4. The minimum absolute atomic E-state index is 0.0543. The maximum atomic E-state index is 13.1. The van der Waals surface area contributed by atoms with Gasteiger partial charge in [-0.25, -0.2) is 4.79 Å². The number of hydrogen-bond donors (Lipinski definition) is 1. The summed E-state index contributed by atoms with van der Waals surface area (Å²) >= 11 is 0. The summed E-state index contributed by atoms with van der Waals surface area (Å²) in [6.07, 6.45) is 1.71. The third-order valence-electron chi connectivity index (χ3n) is 5.18. The number of anilines is 1. The van der Waals surface area contributed by atoms with Gasteiger partial charge in [0.25, 0.3) is 0 Å². The summed E-state index contributed by atoms with van der Waals surface area (Å²) in [6.45, 7) is 9.72. The Bertz CT molecular complexity index is 771. The Morgan fingerprint density at radius 1 is 1.20 bits per heavy atom. The standard InChI is InChI=1S/C23H34N2O5/c1-6-20(26)25-16(2)15-19(17-11-7-8-12-18(17)25)24(14-10-9-13-21(27)28)22(29)30-23(3,4)5/h7-8,11-12,16,19H,6,9-10,13-15H2,1-5H3,(H,27,28)/t16-,19+/m0/s1. The van der Waals surface area contributed by atoms with E-state index >= 15 is 0 Å². The molecular weight excluding hydrogens is 384 g/mol. The van der Waals surface area contributed by atoms with Gasteiger partial charge in [0.15, 0.2) is 0 Å². The quantitative estimate of drug-likeness (QED) is 0.646. The van der Waals surface area contributed by atoms with Crippen LogP contribution in [0, 0.1) is 0 Å². The highest BCUT2D eigenvalue weighted by Gasteiger charge is 2.38. The highest BCUT2D eigenvalue weighted by molar-refractivity contribution is 5.95. The predicted octanol–water partition coefficient (Wildman–Crippen LogP) is 4.75. The zero-order valence-electron chi connectivity index (χ0n) is 18.7. The molecule has 7 heteroatoms. The van der Waals surface area contributed by atoms with Gasteiger partial charge in [-0.1, -0.05) is 25.1 Å². The number of carbonyl (C=O) groups excluding carboxylic acids is 2. The molecule has 2 amide bonds. The van der Waals surface area contributed by atoms with E-state index in [1.54, 1.807) is 4.90 Å². The van der Waals surface area contributed by atoms with E-state index in [2.05, 4.69) is 0 Å². The number of benzene rings is 1. The zero-order valence-corrected chi connectivity index (χ0v) is 18.7. The number of carbonyl (C=O) groups is 3. The van der Waals surface area contributed by atoms with E-state index in [1.807, 2.05) is 63.8 Å². The highest BCUT2D eigenvalue weighted by Crippen LogP contribution is 2.41. The number of unbranched alkanes of at least 4 members (excludes halogenated alkanes) is 1. The number of para-hydroxylation sites is 1. The Morgan fingerprint density at radius 2 is 1.87 bits per heavy atom. The minimum Gasteiger partial charge on any atom is -0.481 e. The second-order valence-electron chi connectivity index (χ2n) is 8.80. The number of rotatable bonds is 7. The number of amides is 2. The normalized spacial score (nSPS) is 18.5. The summed E-state index contributed by atoms with van der Waals surface area (Å²) in [5, 5.41) is 8.92. The van der Waals surface area contributed by atoms with Crippen molar-refractivity contribution in [1.29, 1.82) is 0 Å². The van der Waals surface area contributed by atoms with E-state index in [1.165, 1.54) is 0 Å². The second kappa shape index (κ2) is 9.96. The Morgan fingerprint density at radius 3 is 2.47 bits per heavy atom. The van der Waals surface area contributed by atoms with Crippen molar-refractivity contribution >= 4 is 23.7 Å². The number of carboxylic acids is 1. The van der Waals surface area contributed by atoms with Gasteiger partial charge in [-0.15, -0.1) is 0 Å². The molecule has 0 bridgehead atoms. The molecule has 7 nitrogen and oxygen atoms in total. The SMILES string of the molecule is CCC(=O)N1c2ccccc2[C@H](N(CCCCC(=O)O)C(=O)OC(C)(C)C)C[C@@H]1C. The molecular formula is C23H34N2O5. The Kier molecular flexibility index (Phi) is 7.87. The molecule has 2 rings (SSSR count). The first-order valence-electron chi connectivity index (χ1n) is 10.7. The van der Waals surface area contributed by atoms with Gasteiger partial charge < -0.3 is 19.6 Å². The average molecular weight is 419 g/mol. The molecule has 0 saturated carbocycles. The molecule has 1 aromatic carbocycles. The van der Waals surface area contributed by atoms with Gasteiger partial charge in [0.2, 0.25) is 5.91 Å². The summed E-state index contributed by atoms with van der Waals surface area (Å²) in [6, 6.07) is 7.38. The third kappa shape index (κ3) is 5.97. The van der Waals surface area contributed by atoms with Crippen LogP contribution in [-0.4, -0.2) is 46.2 Å². The van der Waals surface area contributed by atoms with Crippen molar-refractivity contribution in [2.24, 2.45) is 0 Å². The maximum Gasteiger partial charge on any atom is 0.410 e. The van der Waals surface area contributed by atoms with Crippen molar-refractivity contribution in [3.8, 4) is 0 Å². The van der Waals surface area contributed by atoms with E-state index in [0.717, 1.165) is 11.3 Å². The van der Waals surface area contributed by atoms with Crippen LogP contribution in [-0.2, 0) is 14.3 Å². The molecule has 1 heterocycles. The number of aliphatic carboxylic acids is 1. The summed E-state index contributed by atoms with van der Waals surface area (Å²) < 4.78 is 5.67. The van der Waals surface area contributed by atoms with E-state index in [9.17, 15) is 14.4 Å². The molecule has 0 saturated heterocycles. The number of ether oxygens (including phenoxy) is 1. The maximum absolute atomic E-state index is 13.1. The third-order valence-corrected chi connectivity index (χ3v) is 5.18. The topological polar surface area (TPSA) is 87.2 Å². The molecule has 0 unspecified atom stereocenters. The Hall–Kier alpha value is -2.57. The molecule has 1 aromatic rings. The van der Waals surface area contributed by atoms with E-state index < -0.39 is 17.7 Å². The van der Waals surface area contributed by atoms with Crippen LogP contribution in [0.5, 0.6) is 0 Å². The van der Waals surface area contributed by atoms with E-state index in [0.29, 0.717) is 32.2 Å². The first-order chi connectivity index (χ1) is 14.0. The van der Waals surface area contributed by atoms with Crippen LogP contribution in [0.4, 0.5) is 10.5 Å². The van der Waals surface area contributed by atoms with Gasteiger partial charge in [0, 0.05) is 31.1 Å². The fourth-order valence-electron chi connectivity index (χ4n) is 3.88. The number of carboxylic acid groups (broad SMARTS) is 1. The molecule has 0 aliphatic carbocycles. The lowest BCUT2D eigenvalue weighted by molar-refractivity contribution is -0.137. The van der Waals surface area contributed by atoms with Crippen molar-refractivity contribution in [1.82, 2.24) is 4.90 Å². The van der Waals surface area contributed by atoms with Crippen LogP contribution < -0.4 is 4.90 Å². The van der Waals surface area contributed by atoms with Gasteiger partial charge >= 0.3 is 12.1 Å². The molecule has 0 radical (unpaired) electrons. The van der Waals surface area contributed by atoms with Crippen LogP contribution in [0.1, 0.15) is 78.3 Å². The lowest BCUT2D eigenvalue weighted by Gasteiger charge is -2.43. The molecule has 30 heavy (non-hydrogen) atoms. The average Bonchev–Trinajstić information content (AvgIpc) is 2.65. The molecule has 166 valence electrons. The van der Waals surface area contributed by atoms with Gasteiger partial charge in [-0.05, 0) is 58.6 Å². The van der Waals surface area contributed by atoms with E-state index in [-0.39, 0.29) is 24.4 Å². The molecule has 1 aliphatic rings. The summed E-state index contributed by atoms with van der Waals surface area (Å²) in [5.74, 6) is -0.789. The van der Waals surface area contributed by atoms with Gasteiger partial charge in [-0.2, -0.15) is 0 Å². The first kappa shape index (κ1) is 23.7. The van der Waals surface area contributed by atoms with Crippen molar-refractivity contribution in [2.75, 3.05) is 11.4 Å². The number of nitrogens with zero attached hydrogens (tertiary/aromatic N) is 2. The van der Waals surface area contributed by atoms with Crippen LogP contribution in [0.2, 0.25) is 0 Å². The summed E-state index contributed by atoms with van der Waals surface area (Å²) in [5.41, 5.74) is 1.11. The molecule has 1 aliphatic heterocycles. The van der Waals surface area contributed by atoms with Gasteiger partial charge in [0.1, 0.15) is 5.60 Å². The predicted molar refractivity (Wildman–Crippen MR) is 115 cm³/mol. The molecule has 2 atom stereocenters. The molecule has 0 fully saturated rings. The largest absolute Gasteiger partial charge is 0.481 e. The number of fused-ring (bicyclic) bond motifs is 1. The minimum atomic E-state index is -0.843. The smallest absolute Gasteiger partial charge is 0.410 e. The lowest BCUT2D eigenvalue weighted by Crippen LogP contribution is -2.48.